The normalized spacial score (nSPS) is 37.9. The van der Waals surface area contributed by atoms with E-state index in [9.17, 15) is 14.8 Å². The predicted octanol–water partition coefficient (Wildman–Crippen LogP) is -2.08. The first-order chi connectivity index (χ1) is 6.83. The van der Waals surface area contributed by atoms with E-state index in [0.717, 1.165) is 0 Å². The number of aliphatic hydroxyl groups excluding tert-OH is 3. The van der Waals surface area contributed by atoms with Gasteiger partial charge in [0.1, 0.15) is 12.2 Å². The Morgan fingerprint density at radius 2 is 1.93 bits per heavy atom. The van der Waals surface area contributed by atoms with E-state index in [-0.39, 0.29) is 6.42 Å². The average molecular weight is 244 g/mol. The van der Waals surface area contributed by atoms with Crippen molar-refractivity contribution in [2.45, 2.75) is 31.0 Å². The Bertz CT molecular complexity index is 252. The summed E-state index contributed by atoms with van der Waals surface area (Å²) in [6.07, 6.45) is -5.20. The van der Waals surface area contributed by atoms with Crippen molar-refractivity contribution < 1.29 is 38.9 Å². The van der Waals surface area contributed by atoms with Gasteiger partial charge in [-0.1, -0.05) is 0 Å². The molecular formula is C6H13O8P. The van der Waals surface area contributed by atoms with Gasteiger partial charge >= 0.3 is 7.82 Å². The first-order valence-corrected chi connectivity index (χ1v) is 5.73. The third-order valence-corrected chi connectivity index (χ3v) is 2.44. The van der Waals surface area contributed by atoms with Crippen molar-refractivity contribution in [2.24, 2.45) is 0 Å². The fourth-order valence-corrected chi connectivity index (χ4v) is 1.72. The molecule has 1 aliphatic heterocycles. The zero-order valence-corrected chi connectivity index (χ0v) is 8.53. The van der Waals surface area contributed by atoms with Crippen molar-refractivity contribution >= 4 is 7.82 Å². The van der Waals surface area contributed by atoms with Crippen molar-refractivity contribution in [2.75, 3.05) is 6.61 Å². The van der Waals surface area contributed by atoms with E-state index in [0.29, 0.717) is 0 Å². The molecule has 9 heteroatoms. The SMILES string of the molecule is O=P(O)(O)O[C@H]1O[C@H](CO)[C@H](O)C[C@H]1O. The molecule has 0 aromatic rings. The molecule has 0 aromatic carbocycles. The summed E-state index contributed by atoms with van der Waals surface area (Å²) in [5.74, 6) is 0. The van der Waals surface area contributed by atoms with Crippen LogP contribution < -0.4 is 0 Å². The molecule has 0 aliphatic carbocycles. The number of hydrogen-bond donors (Lipinski definition) is 5. The van der Waals surface area contributed by atoms with Gasteiger partial charge in [0.25, 0.3) is 0 Å². The van der Waals surface area contributed by atoms with E-state index in [2.05, 4.69) is 4.52 Å². The van der Waals surface area contributed by atoms with Crippen LogP contribution in [-0.4, -0.2) is 56.3 Å². The lowest BCUT2D eigenvalue weighted by Gasteiger charge is -2.35. The third-order valence-electron chi connectivity index (χ3n) is 1.96. The first kappa shape index (κ1) is 13.0. The first-order valence-electron chi connectivity index (χ1n) is 4.20. The highest BCUT2D eigenvalue weighted by molar-refractivity contribution is 7.46. The van der Waals surface area contributed by atoms with Gasteiger partial charge in [0, 0.05) is 6.42 Å². The maximum absolute atomic E-state index is 10.5. The van der Waals surface area contributed by atoms with Crippen molar-refractivity contribution in [3.63, 3.8) is 0 Å². The molecule has 0 amide bonds. The molecule has 0 spiro atoms. The van der Waals surface area contributed by atoms with Gasteiger partial charge in [-0.25, -0.2) is 4.57 Å². The van der Waals surface area contributed by atoms with Gasteiger partial charge in [0.2, 0.25) is 0 Å². The largest absolute Gasteiger partial charge is 0.472 e. The lowest BCUT2D eigenvalue weighted by molar-refractivity contribution is -0.244. The average Bonchev–Trinajstić information content (AvgIpc) is 2.07. The second-order valence-corrected chi connectivity index (χ2v) is 4.38. The molecule has 0 saturated carbocycles. The summed E-state index contributed by atoms with van der Waals surface area (Å²) in [5, 5.41) is 27.3. The van der Waals surface area contributed by atoms with Gasteiger partial charge in [-0.15, -0.1) is 0 Å². The van der Waals surface area contributed by atoms with Crippen LogP contribution in [0.1, 0.15) is 6.42 Å². The number of ether oxygens (including phenoxy) is 1. The molecule has 90 valence electrons. The topological polar surface area (TPSA) is 137 Å². The van der Waals surface area contributed by atoms with Crippen molar-refractivity contribution in [3.05, 3.63) is 0 Å². The highest BCUT2D eigenvalue weighted by atomic mass is 31.2. The Kier molecular flexibility index (Phi) is 4.21. The summed E-state index contributed by atoms with van der Waals surface area (Å²) < 4.78 is 19.4. The molecule has 0 unspecified atom stereocenters. The summed E-state index contributed by atoms with van der Waals surface area (Å²) in [4.78, 5) is 17.0. The minimum atomic E-state index is -4.78. The van der Waals surface area contributed by atoms with Gasteiger partial charge in [-0.3, -0.25) is 4.52 Å². The molecule has 1 rings (SSSR count). The van der Waals surface area contributed by atoms with Crippen LogP contribution in [0.2, 0.25) is 0 Å². The summed E-state index contributed by atoms with van der Waals surface area (Å²) in [6.45, 7) is -0.533. The molecule has 0 radical (unpaired) electrons. The number of hydrogen-bond acceptors (Lipinski definition) is 6. The molecule has 4 atom stereocenters. The lowest BCUT2D eigenvalue weighted by Crippen LogP contribution is -2.49. The van der Waals surface area contributed by atoms with E-state index in [1.165, 1.54) is 0 Å². The summed E-state index contributed by atoms with van der Waals surface area (Å²) in [7, 11) is -4.78. The highest BCUT2D eigenvalue weighted by Crippen LogP contribution is 2.40. The summed E-state index contributed by atoms with van der Waals surface area (Å²) in [6, 6.07) is 0. The molecule has 1 fully saturated rings. The molecule has 8 nitrogen and oxygen atoms in total. The zero-order valence-electron chi connectivity index (χ0n) is 7.63. The number of phosphoric acid groups is 1. The smallest absolute Gasteiger partial charge is 0.394 e. The monoisotopic (exact) mass is 244 g/mol. The maximum Gasteiger partial charge on any atom is 0.472 e. The third kappa shape index (κ3) is 3.78. The van der Waals surface area contributed by atoms with Crippen molar-refractivity contribution in [3.8, 4) is 0 Å². The van der Waals surface area contributed by atoms with Gasteiger partial charge in [0.15, 0.2) is 6.29 Å². The Morgan fingerprint density at radius 1 is 1.33 bits per heavy atom. The fourth-order valence-electron chi connectivity index (χ4n) is 1.26. The zero-order chi connectivity index (χ0) is 11.6. The molecule has 0 aromatic heterocycles. The quantitative estimate of drug-likeness (QED) is 0.357. The van der Waals surface area contributed by atoms with Crippen LogP contribution in [0.15, 0.2) is 0 Å². The van der Waals surface area contributed by atoms with E-state index in [4.69, 9.17) is 19.6 Å². The van der Waals surface area contributed by atoms with Gasteiger partial charge in [-0.2, -0.15) is 0 Å². The van der Waals surface area contributed by atoms with Crippen LogP contribution in [0.5, 0.6) is 0 Å². The Balaban J connectivity index is 2.61. The molecule has 1 aliphatic rings. The molecule has 1 saturated heterocycles. The van der Waals surface area contributed by atoms with Crippen molar-refractivity contribution in [1.29, 1.82) is 0 Å². The van der Waals surface area contributed by atoms with Crippen LogP contribution in [0.4, 0.5) is 0 Å². The van der Waals surface area contributed by atoms with E-state index >= 15 is 0 Å². The van der Waals surface area contributed by atoms with Crippen LogP contribution in [-0.2, 0) is 13.8 Å². The van der Waals surface area contributed by atoms with Gasteiger partial charge < -0.3 is 29.8 Å². The molecular weight excluding hydrogens is 231 g/mol. The van der Waals surface area contributed by atoms with Crippen LogP contribution in [0, 0.1) is 0 Å². The maximum atomic E-state index is 10.5. The van der Waals surface area contributed by atoms with Gasteiger partial charge in [-0.05, 0) is 0 Å². The van der Waals surface area contributed by atoms with E-state index in [1.807, 2.05) is 0 Å². The van der Waals surface area contributed by atoms with Crippen LogP contribution >= 0.6 is 7.82 Å². The Hall–Kier alpha value is -0.0500. The van der Waals surface area contributed by atoms with E-state index < -0.39 is 39.0 Å². The standard InChI is InChI=1S/C6H13O8P/c7-2-5-3(8)1-4(9)6(13-5)14-15(10,11)12/h3-9H,1-2H2,(H2,10,11,12)/t3-,4-,5-,6-/m1/s1. The molecule has 0 bridgehead atoms. The van der Waals surface area contributed by atoms with Gasteiger partial charge in [0.05, 0.1) is 12.7 Å². The summed E-state index contributed by atoms with van der Waals surface area (Å²) in [5.41, 5.74) is 0. The Labute approximate surface area is 85.3 Å². The molecule has 5 N–H and O–H groups in total. The van der Waals surface area contributed by atoms with E-state index in [1.54, 1.807) is 0 Å². The fraction of sp³-hybridized carbons (Fsp3) is 1.00. The molecule has 15 heavy (non-hydrogen) atoms. The number of rotatable bonds is 3. The second-order valence-electron chi connectivity index (χ2n) is 3.19. The van der Waals surface area contributed by atoms with Crippen LogP contribution in [0.25, 0.3) is 0 Å². The second kappa shape index (κ2) is 4.86. The van der Waals surface area contributed by atoms with Crippen LogP contribution in [0.3, 0.4) is 0 Å². The minimum Gasteiger partial charge on any atom is -0.394 e. The Morgan fingerprint density at radius 3 is 2.40 bits per heavy atom. The summed E-state index contributed by atoms with van der Waals surface area (Å²) >= 11 is 0. The number of aliphatic hydroxyl groups is 3. The number of phosphoric ester groups is 1. The minimum absolute atomic E-state index is 0.185. The predicted molar refractivity (Wildman–Crippen MR) is 45.5 cm³/mol. The lowest BCUT2D eigenvalue weighted by atomic mass is 10.0. The highest BCUT2D eigenvalue weighted by Gasteiger charge is 2.39. The van der Waals surface area contributed by atoms with Crippen molar-refractivity contribution in [1.82, 2.24) is 0 Å². The molecule has 1 heterocycles.